The molecule has 1 amide bonds. The van der Waals surface area contributed by atoms with Crippen molar-refractivity contribution in [1.29, 1.82) is 0 Å². The molecule has 0 radical (unpaired) electrons. The Morgan fingerprint density at radius 1 is 1.42 bits per heavy atom. The van der Waals surface area contributed by atoms with Gasteiger partial charge in [0.1, 0.15) is 0 Å². The predicted octanol–water partition coefficient (Wildman–Crippen LogP) is 1.33. The van der Waals surface area contributed by atoms with Gasteiger partial charge in [-0.3, -0.25) is 9.00 Å². The molecule has 0 saturated heterocycles. The van der Waals surface area contributed by atoms with Gasteiger partial charge in [-0.1, -0.05) is 0 Å². The average Bonchev–Trinajstić information content (AvgIpc) is 2.34. The monoisotopic (exact) mass is 281 g/mol. The topological polar surface area (TPSA) is 84.2 Å². The number of nitrogen functional groups attached to an aromatic ring is 1. The smallest absolute Gasteiger partial charge is 0.224 e. The highest BCUT2D eigenvalue weighted by Gasteiger charge is 2.16. The Morgan fingerprint density at radius 2 is 2.21 bits per heavy atom. The highest BCUT2D eigenvalue weighted by Crippen LogP contribution is 2.30. The van der Waals surface area contributed by atoms with Gasteiger partial charge in [0.2, 0.25) is 5.91 Å². The zero-order valence-electron chi connectivity index (χ0n) is 11.0. The summed E-state index contributed by atoms with van der Waals surface area (Å²) in [5, 5.41) is 6.08. The number of hydrogen-bond acceptors (Lipinski definition) is 4. The molecular weight excluding hydrogens is 262 g/mol. The van der Waals surface area contributed by atoms with E-state index in [2.05, 4.69) is 10.6 Å². The summed E-state index contributed by atoms with van der Waals surface area (Å²) in [6.07, 6.45) is 3.81. The Hall–Kier alpha value is -1.56. The second-order valence-electron chi connectivity index (χ2n) is 4.70. The lowest BCUT2D eigenvalue weighted by Gasteiger charge is -2.19. The summed E-state index contributed by atoms with van der Waals surface area (Å²) in [5.74, 6) is 0.728. The molecule has 5 nitrogen and oxygen atoms in total. The van der Waals surface area contributed by atoms with E-state index in [9.17, 15) is 9.00 Å². The minimum atomic E-state index is -0.754. The normalized spacial score (nSPS) is 15.5. The number of benzene rings is 1. The van der Waals surface area contributed by atoms with Crippen molar-refractivity contribution in [3.63, 3.8) is 0 Å². The summed E-state index contributed by atoms with van der Waals surface area (Å²) < 4.78 is 11.0. The van der Waals surface area contributed by atoms with Crippen molar-refractivity contribution in [2.75, 3.05) is 34.9 Å². The molecule has 0 fully saturated rings. The number of carbonyl (C=O) groups is 1. The molecule has 1 aromatic rings. The lowest BCUT2D eigenvalue weighted by atomic mass is 10.0. The van der Waals surface area contributed by atoms with Gasteiger partial charge < -0.3 is 16.4 Å². The summed E-state index contributed by atoms with van der Waals surface area (Å²) in [5.41, 5.74) is 9.39. The Labute approximate surface area is 115 Å². The van der Waals surface area contributed by atoms with Gasteiger partial charge in [0.15, 0.2) is 0 Å². The number of fused-ring (bicyclic) bond motifs is 1. The van der Waals surface area contributed by atoms with Crippen molar-refractivity contribution >= 4 is 33.8 Å². The summed E-state index contributed by atoms with van der Waals surface area (Å²) >= 11 is 0. The van der Waals surface area contributed by atoms with Crippen LogP contribution >= 0.6 is 0 Å². The molecule has 6 heteroatoms. The third-order valence-electron chi connectivity index (χ3n) is 3.09. The Bertz CT molecular complexity index is 517. The third-order valence-corrected chi connectivity index (χ3v) is 3.96. The van der Waals surface area contributed by atoms with Crippen LogP contribution in [0.5, 0.6) is 0 Å². The molecule has 1 aliphatic heterocycles. The maximum absolute atomic E-state index is 11.3. The van der Waals surface area contributed by atoms with E-state index in [0.29, 0.717) is 17.9 Å². The van der Waals surface area contributed by atoms with Gasteiger partial charge in [-0.05, 0) is 30.5 Å². The van der Waals surface area contributed by atoms with Crippen molar-refractivity contribution in [3.8, 4) is 0 Å². The van der Waals surface area contributed by atoms with E-state index in [1.54, 1.807) is 12.3 Å². The molecule has 1 aliphatic rings. The van der Waals surface area contributed by atoms with Crippen LogP contribution in [0.2, 0.25) is 0 Å². The van der Waals surface area contributed by atoms with E-state index in [0.717, 1.165) is 36.3 Å². The molecule has 0 spiro atoms. The zero-order chi connectivity index (χ0) is 13.8. The van der Waals surface area contributed by atoms with E-state index in [1.165, 1.54) is 0 Å². The van der Waals surface area contributed by atoms with Crippen LogP contribution in [-0.4, -0.2) is 28.7 Å². The molecule has 1 heterocycles. The molecule has 0 aliphatic carbocycles. The van der Waals surface area contributed by atoms with Crippen LogP contribution in [0, 0.1) is 0 Å². The molecule has 0 aromatic heterocycles. The summed E-state index contributed by atoms with van der Waals surface area (Å²) in [4.78, 5) is 11.3. The first kappa shape index (κ1) is 13.9. The first-order valence-electron chi connectivity index (χ1n) is 6.32. The molecule has 1 aromatic carbocycles. The van der Waals surface area contributed by atoms with Crippen molar-refractivity contribution in [2.45, 2.75) is 19.3 Å². The summed E-state index contributed by atoms with van der Waals surface area (Å²) in [7, 11) is -0.754. The van der Waals surface area contributed by atoms with Crippen LogP contribution in [0.15, 0.2) is 12.1 Å². The molecule has 104 valence electrons. The number of anilines is 3. The van der Waals surface area contributed by atoms with E-state index in [1.807, 2.05) is 6.07 Å². The fraction of sp³-hybridized carbons (Fsp3) is 0.462. The molecule has 4 N–H and O–H groups in total. The Balaban J connectivity index is 2.01. The highest BCUT2D eigenvalue weighted by molar-refractivity contribution is 7.84. The molecule has 1 unspecified atom stereocenters. The number of nitrogens with one attached hydrogen (secondary N) is 2. The number of rotatable bonds is 5. The molecular formula is C13H19N3O2S. The lowest BCUT2D eigenvalue weighted by molar-refractivity contribution is -0.116. The predicted molar refractivity (Wildman–Crippen MR) is 79.8 cm³/mol. The molecule has 2 rings (SSSR count). The number of amides is 1. The van der Waals surface area contributed by atoms with Crippen LogP contribution in [0.4, 0.5) is 17.1 Å². The van der Waals surface area contributed by atoms with Crippen LogP contribution in [0.1, 0.15) is 18.4 Å². The number of hydrogen-bond donors (Lipinski definition) is 3. The van der Waals surface area contributed by atoms with Gasteiger partial charge in [0.25, 0.3) is 0 Å². The number of aryl methyl sites for hydroxylation is 1. The maximum atomic E-state index is 11.3. The highest BCUT2D eigenvalue weighted by atomic mass is 32.2. The third kappa shape index (κ3) is 3.70. The van der Waals surface area contributed by atoms with Gasteiger partial charge in [-0.15, -0.1) is 0 Å². The molecule has 1 atom stereocenters. The van der Waals surface area contributed by atoms with E-state index in [-0.39, 0.29) is 5.91 Å². The minimum Gasteiger partial charge on any atom is -0.397 e. The standard InChI is InChI=1S/C13H19N3O2S/c1-19(18)6-2-5-15-12-7-9-3-4-13(17)16-11(9)8-10(12)14/h7-8,15H,2-6,14H2,1H3,(H,16,17). The van der Waals surface area contributed by atoms with E-state index >= 15 is 0 Å². The van der Waals surface area contributed by atoms with Crippen molar-refractivity contribution in [3.05, 3.63) is 17.7 Å². The quantitative estimate of drug-likeness (QED) is 0.561. The SMILES string of the molecule is CS(=O)CCCNc1cc2c(cc1N)NC(=O)CC2. The van der Waals surface area contributed by atoms with Crippen LogP contribution in [0.3, 0.4) is 0 Å². The van der Waals surface area contributed by atoms with Gasteiger partial charge in [0.05, 0.1) is 11.4 Å². The number of nitrogens with two attached hydrogens (primary N) is 1. The average molecular weight is 281 g/mol. The van der Waals surface area contributed by atoms with E-state index < -0.39 is 10.8 Å². The number of carbonyl (C=O) groups excluding carboxylic acids is 1. The Morgan fingerprint density at radius 3 is 2.95 bits per heavy atom. The summed E-state index contributed by atoms with van der Waals surface area (Å²) in [6.45, 7) is 0.745. The second-order valence-corrected chi connectivity index (χ2v) is 6.26. The summed E-state index contributed by atoms with van der Waals surface area (Å²) in [6, 6.07) is 3.79. The van der Waals surface area contributed by atoms with Crippen molar-refractivity contribution in [2.24, 2.45) is 0 Å². The maximum Gasteiger partial charge on any atom is 0.224 e. The fourth-order valence-electron chi connectivity index (χ4n) is 2.10. The Kier molecular flexibility index (Phi) is 4.42. The lowest BCUT2D eigenvalue weighted by Crippen LogP contribution is -2.19. The zero-order valence-corrected chi connectivity index (χ0v) is 11.8. The first-order chi connectivity index (χ1) is 9.06. The van der Waals surface area contributed by atoms with Crippen molar-refractivity contribution in [1.82, 2.24) is 0 Å². The van der Waals surface area contributed by atoms with Gasteiger partial charge >= 0.3 is 0 Å². The molecule has 19 heavy (non-hydrogen) atoms. The minimum absolute atomic E-state index is 0.0398. The van der Waals surface area contributed by atoms with Gasteiger partial charge in [-0.25, -0.2) is 0 Å². The largest absolute Gasteiger partial charge is 0.397 e. The first-order valence-corrected chi connectivity index (χ1v) is 8.05. The molecule has 0 bridgehead atoms. The van der Waals surface area contributed by atoms with Crippen molar-refractivity contribution < 1.29 is 9.00 Å². The van der Waals surface area contributed by atoms with Crippen LogP contribution < -0.4 is 16.4 Å². The van der Waals surface area contributed by atoms with Crippen LogP contribution in [0.25, 0.3) is 0 Å². The van der Waals surface area contributed by atoms with Gasteiger partial charge in [0, 0.05) is 41.5 Å². The molecule has 0 saturated carbocycles. The second kappa shape index (κ2) is 6.06. The fourth-order valence-corrected chi connectivity index (χ4v) is 2.65. The van der Waals surface area contributed by atoms with Gasteiger partial charge in [-0.2, -0.15) is 0 Å². The van der Waals surface area contributed by atoms with E-state index in [4.69, 9.17) is 5.73 Å². The van der Waals surface area contributed by atoms with Crippen LogP contribution in [-0.2, 0) is 22.0 Å².